The van der Waals surface area contributed by atoms with Gasteiger partial charge in [-0.3, -0.25) is 0 Å². The first-order chi connectivity index (χ1) is 11.5. The highest BCUT2D eigenvalue weighted by atomic mass is 32.2. The van der Waals surface area contributed by atoms with Gasteiger partial charge in [-0.2, -0.15) is 0 Å². The molecule has 0 aromatic heterocycles. The van der Waals surface area contributed by atoms with Crippen molar-refractivity contribution in [3.63, 3.8) is 0 Å². The largest absolute Gasteiger partial charge is 0.338 e. The van der Waals surface area contributed by atoms with Crippen LogP contribution < -0.4 is 5.32 Å². The van der Waals surface area contributed by atoms with Crippen molar-refractivity contribution < 1.29 is 13.2 Å². The van der Waals surface area contributed by atoms with Gasteiger partial charge in [-0.1, -0.05) is 30.3 Å². The maximum Gasteiger partial charge on any atom is 0.317 e. The second kappa shape index (κ2) is 7.11. The highest BCUT2D eigenvalue weighted by Gasteiger charge is 2.45. The number of carbonyl (C=O) groups excluding carboxylic acids is 1. The van der Waals surface area contributed by atoms with Gasteiger partial charge in [0.25, 0.3) is 0 Å². The monoisotopic (exact) mass is 351 g/mol. The highest BCUT2D eigenvalue weighted by molar-refractivity contribution is 7.90. The first-order valence-electron chi connectivity index (χ1n) is 8.50. The van der Waals surface area contributed by atoms with Crippen molar-refractivity contribution in [3.05, 3.63) is 35.9 Å². The first-order valence-corrected chi connectivity index (χ1v) is 10.0. The van der Waals surface area contributed by atoms with Gasteiger partial charge < -0.3 is 10.2 Å². The molecule has 3 rings (SSSR count). The molecule has 1 N–H and O–H groups in total. The van der Waals surface area contributed by atoms with Gasteiger partial charge in [0.05, 0.1) is 5.25 Å². The number of urea groups is 1. The molecule has 7 heteroatoms. The molecule has 24 heavy (non-hydrogen) atoms. The molecular weight excluding hydrogens is 326 g/mol. The second-order valence-electron chi connectivity index (χ2n) is 6.66. The van der Waals surface area contributed by atoms with Crippen molar-refractivity contribution in [1.82, 2.24) is 14.5 Å². The quantitative estimate of drug-likeness (QED) is 0.892. The van der Waals surface area contributed by atoms with E-state index in [-0.39, 0.29) is 17.2 Å². The Kier molecular flexibility index (Phi) is 5.10. The number of benzene rings is 1. The summed E-state index contributed by atoms with van der Waals surface area (Å²) in [6, 6.07) is 9.95. The van der Waals surface area contributed by atoms with E-state index in [1.807, 2.05) is 30.3 Å². The smallest absolute Gasteiger partial charge is 0.317 e. The molecule has 0 spiro atoms. The van der Waals surface area contributed by atoms with Crippen molar-refractivity contribution in [2.24, 2.45) is 5.92 Å². The maximum atomic E-state index is 12.3. The van der Waals surface area contributed by atoms with Crippen LogP contribution in [-0.2, 0) is 16.4 Å². The summed E-state index contributed by atoms with van der Waals surface area (Å²) < 4.78 is 26.1. The predicted octanol–water partition coefficient (Wildman–Crippen LogP) is 1.29. The lowest BCUT2D eigenvalue weighted by Crippen LogP contribution is -2.41. The molecule has 0 unspecified atom stereocenters. The highest BCUT2D eigenvalue weighted by Crippen LogP contribution is 2.33. The van der Waals surface area contributed by atoms with Gasteiger partial charge in [-0.25, -0.2) is 17.5 Å². The number of carbonyl (C=O) groups is 1. The number of sulfonamides is 1. The third-order valence-corrected chi connectivity index (χ3v) is 7.51. The minimum atomic E-state index is -3.18. The van der Waals surface area contributed by atoms with Gasteiger partial charge in [0.2, 0.25) is 10.0 Å². The van der Waals surface area contributed by atoms with E-state index in [0.29, 0.717) is 32.6 Å². The maximum absolute atomic E-state index is 12.3. The molecule has 2 saturated heterocycles. The fourth-order valence-electron chi connectivity index (χ4n) is 3.68. The summed E-state index contributed by atoms with van der Waals surface area (Å²) >= 11 is 0. The number of amides is 2. The number of rotatable bonds is 3. The Balaban J connectivity index is 1.51. The number of nitrogens with zero attached hydrogens (tertiary/aromatic N) is 2. The average Bonchev–Trinajstić information content (AvgIpc) is 2.72. The Bertz CT molecular complexity index is 678. The van der Waals surface area contributed by atoms with Crippen molar-refractivity contribution in [2.45, 2.75) is 24.5 Å². The predicted molar refractivity (Wildman–Crippen MR) is 93.2 cm³/mol. The summed E-state index contributed by atoms with van der Waals surface area (Å²) in [4.78, 5) is 14.1. The van der Waals surface area contributed by atoms with E-state index in [9.17, 15) is 13.2 Å². The van der Waals surface area contributed by atoms with Crippen molar-refractivity contribution >= 4 is 16.1 Å². The van der Waals surface area contributed by atoms with Crippen LogP contribution in [0.2, 0.25) is 0 Å². The Morgan fingerprint density at radius 2 is 1.92 bits per heavy atom. The zero-order chi connectivity index (χ0) is 17.2. The number of hydrogen-bond donors (Lipinski definition) is 1. The lowest BCUT2D eigenvalue weighted by Gasteiger charge is -2.22. The number of nitrogens with one attached hydrogen (secondary N) is 1. The van der Waals surface area contributed by atoms with Crippen LogP contribution in [0.3, 0.4) is 0 Å². The zero-order valence-electron chi connectivity index (χ0n) is 14.0. The van der Waals surface area contributed by atoms with E-state index >= 15 is 0 Å². The fourth-order valence-corrected chi connectivity index (χ4v) is 5.65. The minimum Gasteiger partial charge on any atom is -0.338 e. The van der Waals surface area contributed by atoms with Gasteiger partial charge in [0.15, 0.2) is 0 Å². The first kappa shape index (κ1) is 17.2. The van der Waals surface area contributed by atoms with E-state index < -0.39 is 10.0 Å². The van der Waals surface area contributed by atoms with Crippen LogP contribution in [-0.4, -0.2) is 62.1 Å². The van der Waals surface area contributed by atoms with Gasteiger partial charge in [0.1, 0.15) is 0 Å². The van der Waals surface area contributed by atoms with Gasteiger partial charge >= 0.3 is 6.03 Å². The third-order valence-electron chi connectivity index (χ3n) is 5.11. The summed E-state index contributed by atoms with van der Waals surface area (Å²) in [6.45, 7) is 2.30. The van der Waals surface area contributed by atoms with E-state index in [1.54, 1.807) is 11.9 Å². The van der Waals surface area contributed by atoms with Gasteiger partial charge in [-0.15, -0.1) is 0 Å². The van der Waals surface area contributed by atoms with Crippen LogP contribution >= 0.6 is 0 Å². The summed E-state index contributed by atoms with van der Waals surface area (Å²) in [6.07, 6.45) is 2.08. The van der Waals surface area contributed by atoms with E-state index in [1.165, 1.54) is 9.87 Å². The molecule has 2 aliphatic rings. The van der Waals surface area contributed by atoms with Crippen LogP contribution in [0.25, 0.3) is 0 Å². The molecule has 2 fully saturated rings. The molecule has 1 aromatic carbocycles. The Morgan fingerprint density at radius 1 is 1.21 bits per heavy atom. The number of fused-ring (bicyclic) bond motifs is 1. The molecule has 0 radical (unpaired) electrons. The Labute approximate surface area is 143 Å². The lowest BCUT2D eigenvalue weighted by molar-refractivity contribution is 0.199. The van der Waals surface area contributed by atoms with Crippen LogP contribution in [0.4, 0.5) is 4.79 Å². The molecule has 0 aliphatic carbocycles. The fraction of sp³-hybridized carbons (Fsp3) is 0.588. The molecule has 132 valence electrons. The van der Waals surface area contributed by atoms with Crippen molar-refractivity contribution in [3.8, 4) is 0 Å². The van der Waals surface area contributed by atoms with Crippen molar-refractivity contribution in [1.29, 1.82) is 0 Å². The standard InChI is InChI=1S/C17H25N3O3S/c1-19-13-15-8-11-20(12-9-16(15)24(19,22)23)17(21)18-10-7-14-5-3-2-4-6-14/h2-6,15-16H,7-13H2,1H3,(H,18,21)/t15-,16-/m1/s1. The average molecular weight is 351 g/mol. The topological polar surface area (TPSA) is 69.7 Å². The van der Waals surface area contributed by atoms with Crippen LogP contribution in [0.1, 0.15) is 18.4 Å². The molecule has 6 nitrogen and oxygen atoms in total. The SMILES string of the molecule is CN1C[C@H]2CCN(C(=O)NCCc3ccccc3)CC[C@H]2S1(=O)=O. The van der Waals surface area contributed by atoms with Crippen molar-refractivity contribution in [2.75, 3.05) is 33.2 Å². The van der Waals surface area contributed by atoms with Crippen LogP contribution in [0.5, 0.6) is 0 Å². The molecule has 2 aliphatic heterocycles. The minimum absolute atomic E-state index is 0.0864. The summed E-state index contributed by atoms with van der Waals surface area (Å²) in [5.74, 6) is 0.141. The zero-order valence-corrected chi connectivity index (χ0v) is 14.8. The summed E-state index contributed by atoms with van der Waals surface area (Å²) in [7, 11) is -1.53. The van der Waals surface area contributed by atoms with E-state index in [4.69, 9.17) is 0 Å². The van der Waals surface area contributed by atoms with Crippen LogP contribution in [0.15, 0.2) is 30.3 Å². The lowest BCUT2D eigenvalue weighted by atomic mass is 10.0. The molecular formula is C17H25N3O3S. The molecule has 1 aromatic rings. The van der Waals surface area contributed by atoms with E-state index in [2.05, 4.69) is 5.32 Å². The molecule has 2 amide bonds. The second-order valence-corrected chi connectivity index (χ2v) is 8.91. The molecule has 0 saturated carbocycles. The molecule has 2 heterocycles. The van der Waals surface area contributed by atoms with Gasteiger partial charge in [-0.05, 0) is 30.7 Å². The van der Waals surface area contributed by atoms with Gasteiger partial charge in [0, 0.05) is 33.2 Å². The Morgan fingerprint density at radius 3 is 2.67 bits per heavy atom. The molecule has 2 atom stereocenters. The van der Waals surface area contributed by atoms with E-state index in [0.717, 1.165) is 12.8 Å². The summed E-state index contributed by atoms with van der Waals surface area (Å²) in [5, 5.41) is 2.62. The third kappa shape index (κ3) is 3.57. The molecule has 0 bridgehead atoms. The Hall–Kier alpha value is -1.60. The van der Waals surface area contributed by atoms with Crippen LogP contribution in [0, 0.1) is 5.92 Å². The number of likely N-dealkylation sites (tertiary alicyclic amines) is 1. The normalized spacial score (nSPS) is 26.6. The summed E-state index contributed by atoms with van der Waals surface area (Å²) in [5.41, 5.74) is 1.19. The number of hydrogen-bond acceptors (Lipinski definition) is 3.